The zero-order valence-corrected chi connectivity index (χ0v) is 10.1. The van der Waals surface area contributed by atoms with Crippen molar-refractivity contribution in [2.45, 2.75) is 51.4 Å². The van der Waals surface area contributed by atoms with Crippen molar-refractivity contribution in [1.29, 1.82) is 0 Å². The van der Waals surface area contributed by atoms with Crippen LogP contribution in [0.15, 0.2) is 6.20 Å². The number of carboxylic acid groups (broad SMARTS) is 1. The quantitative estimate of drug-likeness (QED) is 0.873. The first-order chi connectivity index (χ1) is 8.22. The van der Waals surface area contributed by atoms with Crippen LogP contribution >= 0.6 is 0 Å². The number of aryl methyl sites for hydroxylation is 1. The Balaban J connectivity index is 2.27. The number of hydrogen-bond donors (Lipinski definition) is 1. The summed E-state index contributed by atoms with van der Waals surface area (Å²) in [7, 11) is 0. The molecule has 0 aromatic carbocycles. The second kappa shape index (κ2) is 5.25. The molecule has 1 saturated carbocycles. The lowest BCUT2D eigenvalue weighted by Crippen LogP contribution is -2.13. The highest BCUT2D eigenvalue weighted by Crippen LogP contribution is 2.30. The lowest BCUT2D eigenvalue weighted by atomic mass is 9.88. The Morgan fingerprint density at radius 1 is 1.41 bits per heavy atom. The molecule has 17 heavy (non-hydrogen) atoms. The van der Waals surface area contributed by atoms with Crippen molar-refractivity contribution in [3.8, 4) is 0 Å². The summed E-state index contributed by atoms with van der Waals surface area (Å²) in [5, 5.41) is 9.02. The minimum absolute atomic E-state index is 0.243. The Kier molecular flexibility index (Phi) is 3.71. The van der Waals surface area contributed by atoms with Gasteiger partial charge < -0.3 is 5.11 Å². The fourth-order valence-corrected chi connectivity index (χ4v) is 2.44. The van der Waals surface area contributed by atoms with Crippen LogP contribution in [-0.4, -0.2) is 21.0 Å². The number of hydrogen-bond acceptors (Lipinski definition) is 3. The molecule has 0 atom stereocenters. The third-order valence-corrected chi connectivity index (χ3v) is 3.42. The van der Waals surface area contributed by atoms with E-state index in [1.165, 1.54) is 25.5 Å². The number of rotatable bonds is 3. The van der Waals surface area contributed by atoms with Crippen molar-refractivity contribution in [3.05, 3.63) is 23.3 Å². The van der Waals surface area contributed by atoms with Gasteiger partial charge in [-0.15, -0.1) is 0 Å². The maximum atomic E-state index is 11.0. The lowest BCUT2D eigenvalue weighted by molar-refractivity contribution is 0.0694. The molecule has 4 nitrogen and oxygen atoms in total. The van der Waals surface area contributed by atoms with E-state index < -0.39 is 5.97 Å². The Labute approximate surface area is 101 Å². The van der Waals surface area contributed by atoms with E-state index in [0.717, 1.165) is 18.7 Å². The maximum Gasteiger partial charge on any atom is 0.339 e. The van der Waals surface area contributed by atoms with Gasteiger partial charge in [0, 0.05) is 12.1 Å². The number of aromatic nitrogens is 2. The average molecular weight is 234 g/mol. The summed E-state index contributed by atoms with van der Waals surface area (Å²) in [5.74, 6) is 0.334. The van der Waals surface area contributed by atoms with Gasteiger partial charge in [-0.25, -0.2) is 14.8 Å². The molecule has 0 saturated heterocycles. The van der Waals surface area contributed by atoms with Crippen molar-refractivity contribution in [1.82, 2.24) is 9.97 Å². The van der Waals surface area contributed by atoms with E-state index in [4.69, 9.17) is 5.11 Å². The molecule has 1 heterocycles. The van der Waals surface area contributed by atoms with Crippen LogP contribution in [0.3, 0.4) is 0 Å². The van der Waals surface area contributed by atoms with Gasteiger partial charge >= 0.3 is 5.97 Å². The number of carbonyl (C=O) groups is 1. The number of aromatic carboxylic acids is 1. The normalized spacial score (nSPS) is 17.0. The molecule has 1 fully saturated rings. The Bertz CT molecular complexity index is 412. The maximum absolute atomic E-state index is 11.0. The zero-order valence-electron chi connectivity index (χ0n) is 10.1. The van der Waals surface area contributed by atoms with E-state index in [1.54, 1.807) is 0 Å². The first kappa shape index (κ1) is 12.0. The van der Waals surface area contributed by atoms with Crippen LogP contribution < -0.4 is 0 Å². The smallest absolute Gasteiger partial charge is 0.339 e. The van der Waals surface area contributed by atoms with Crippen LogP contribution in [0.1, 0.15) is 66.8 Å². The average Bonchev–Trinajstić information content (AvgIpc) is 2.39. The molecule has 1 aromatic rings. The van der Waals surface area contributed by atoms with Crippen molar-refractivity contribution in [2.75, 3.05) is 0 Å². The van der Waals surface area contributed by atoms with Crippen molar-refractivity contribution in [2.24, 2.45) is 0 Å². The third kappa shape index (κ3) is 2.62. The van der Waals surface area contributed by atoms with Crippen molar-refractivity contribution < 1.29 is 9.90 Å². The topological polar surface area (TPSA) is 63.1 Å². The van der Waals surface area contributed by atoms with Gasteiger partial charge in [0.05, 0.1) is 11.3 Å². The van der Waals surface area contributed by atoms with Crippen LogP contribution in [0.25, 0.3) is 0 Å². The molecule has 1 aromatic heterocycles. The molecule has 1 aliphatic rings. The zero-order chi connectivity index (χ0) is 12.3. The minimum atomic E-state index is -0.933. The summed E-state index contributed by atoms with van der Waals surface area (Å²) in [4.78, 5) is 19.7. The molecule has 1 N–H and O–H groups in total. The number of nitrogens with zero attached hydrogens (tertiary/aromatic N) is 2. The summed E-state index contributed by atoms with van der Waals surface area (Å²) >= 11 is 0. The van der Waals surface area contributed by atoms with Gasteiger partial charge in [-0.1, -0.05) is 26.2 Å². The van der Waals surface area contributed by atoms with Crippen LogP contribution in [0.5, 0.6) is 0 Å². The molecule has 2 rings (SSSR count). The predicted octanol–water partition coefficient (Wildman–Crippen LogP) is 2.78. The van der Waals surface area contributed by atoms with E-state index in [9.17, 15) is 4.79 Å². The molecule has 0 unspecified atom stereocenters. The highest BCUT2D eigenvalue weighted by Gasteiger charge is 2.20. The summed E-state index contributed by atoms with van der Waals surface area (Å²) in [6, 6.07) is 0. The second-order valence-corrected chi connectivity index (χ2v) is 4.58. The second-order valence-electron chi connectivity index (χ2n) is 4.58. The van der Waals surface area contributed by atoms with Crippen LogP contribution in [0, 0.1) is 0 Å². The first-order valence-electron chi connectivity index (χ1n) is 6.31. The minimum Gasteiger partial charge on any atom is -0.478 e. The molecule has 0 radical (unpaired) electrons. The first-order valence-corrected chi connectivity index (χ1v) is 6.31. The van der Waals surface area contributed by atoms with Gasteiger partial charge in [0.25, 0.3) is 0 Å². The molecule has 0 aliphatic heterocycles. The molecular weight excluding hydrogens is 216 g/mol. The standard InChI is InChI=1S/C13H18N2O2/c1-2-11-10(13(16)17)8-14-12(15-11)9-6-4-3-5-7-9/h8-9H,2-7H2,1H3,(H,16,17). The Morgan fingerprint density at radius 3 is 2.71 bits per heavy atom. The van der Waals surface area contributed by atoms with Crippen molar-refractivity contribution >= 4 is 5.97 Å². The fourth-order valence-electron chi connectivity index (χ4n) is 2.44. The van der Waals surface area contributed by atoms with Gasteiger partial charge in [0.2, 0.25) is 0 Å². The molecule has 0 bridgehead atoms. The van der Waals surface area contributed by atoms with Gasteiger partial charge in [-0.05, 0) is 19.3 Å². The van der Waals surface area contributed by atoms with E-state index in [2.05, 4.69) is 9.97 Å². The van der Waals surface area contributed by atoms with Crippen LogP contribution in [0.2, 0.25) is 0 Å². The highest BCUT2D eigenvalue weighted by atomic mass is 16.4. The monoisotopic (exact) mass is 234 g/mol. The predicted molar refractivity (Wildman–Crippen MR) is 64.2 cm³/mol. The third-order valence-electron chi connectivity index (χ3n) is 3.42. The molecule has 1 aliphatic carbocycles. The Morgan fingerprint density at radius 2 is 2.12 bits per heavy atom. The molecule has 92 valence electrons. The van der Waals surface area contributed by atoms with E-state index in [1.807, 2.05) is 6.92 Å². The highest BCUT2D eigenvalue weighted by molar-refractivity contribution is 5.88. The van der Waals surface area contributed by atoms with Crippen LogP contribution in [-0.2, 0) is 6.42 Å². The summed E-state index contributed by atoms with van der Waals surface area (Å²) in [5.41, 5.74) is 0.903. The molecular formula is C13H18N2O2. The van der Waals surface area contributed by atoms with E-state index in [-0.39, 0.29) is 5.56 Å². The van der Waals surface area contributed by atoms with E-state index >= 15 is 0 Å². The van der Waals surface area contributed by atoms with E-state index in [0.29, 0.717) is 18.0 Å². The van der Waals surface area contributed by atoms with Crippen LogP contribution in [0.4, 0.5) is 0 Å². The molecule has 0 amide bonds. The van der Waals surface area contributed by atoms with Gasteiger partial charge in [0.1, 0.15) is 5.82 Å². The lowest BCUT2D eigenvalue weighted by Gasteiger charge is -2.20. The van der Waals surface area contributed by atoms with Gasteiger partial charge in [-0.2, -0.15) is 0 Å². The summed E-state index contributed by atoms with van der Waals surface area (Å²) in [6.07, 6.45) is 8.14. The van der Waals surface area contributed by atoms with Gasteiger partial charge in [0.15, 0.2) is 0 Å². The molecule has 0 spiro atoms. The SMILES string of the molecule is CCc1nc(C2CCCCC2)ncc1C(=O)O. The fraction of sp³-hybridized carbons (Fsp3) is 0.615. The van der Waals surface area contributed by atoms with Gasteiger partial charge in [-0.3, -0.25) is 0 Å². The summed E-state index contributed by atoms with van der Waals surface area (Å²) in [6.45, 7) is 1.93. The number of carboxylic acids is 1. The summed E-state index contributed by atoms with van der Waals surface area (Å²) < 4.78 is 0. The Hall–Kier alpha value is -1.45. The largest absolute Gasteiger partial charge is 0.478 e. The molecule has 4 heteroatoms. The van der Waals surface area contributed by atoms with Crippen molar-refractivity contribution in [3.63, 3.8) is 0 Å².